The molecule has 0 fully saturated rings. The topological polar surface area (TPSA) is 121 Å². The van der Waals surface area contributed by atoms with Gasteiger partial charge >= 0.3 is 12.3 Å². The molecule has 4 aromatic rings. The van der Waals surface area contributed by atoms with Gasteiger partial charge in [0.1, 0.15) is 11.3 Å². The highest BCUT2D eigenvalue weighted by atomic mass is 79.9. The molecule has 0 radical (unpaired) electrons. The molecule has 1 amide bonds. The van der Waals surface area contributed by atoms with E-state index in [1.807, 2.05) is 0 Å². The van der Waals surface area contributed by atoms with Crippen LogP contribution in [0.2, 0.25) is 0 Å². The lowest BCUT2D eigenvalue weighted by atomic mass is 9.98. The van der Waals surface area contributed by atoms with Crippen LogP contribution in [0.1, 0.15) is 31.1 Å². The maximum atomic E-state index is 12.7. The molecule has 0 bridgehead atoms. The van der Waals surface area contributed by atoms with E-state index in [9.17, 15) is 22.8 Å². The zero-order valence-electron chi connectivity index (χ0n) is 19.6. The number of amides is 1. The van der Waals surface area contributed by atoms with Crippen LogP contribution in [0.5, 0.6) is 5.75 Å². The summed E-state index contributed by atoms with van der Waals surface area (Å²) in [5, 5.41) is 15.2. The molecule has 0 saturated heterocycles. The van der Waals surface area contributed by atoms with Crippen LogP contribution in [-0.4, -0.2) is 38.4 Å². The highest BCUT2D eigenvalue weighted by molar-refractivity contribution is 9.10. The van der Waals surface area contributed by atoms with Gasteiger partial charge in [0.25, 0.3) is 5.91 Å². The van der Waals surface area contributed by atoms with Crippen molar-refractivity contribution in [3.8, 4) is 17.3 Å². The first kappa shape index (κ1) is 26.1. The number of aromatic nitrogens is 4. The fraction of sp³-hybridized carbons (Fsp3) is 0.261. The van der Waals surface area contributed by atoms with Crippen molar-refractivity contribution in [2.24, 2.45) is 5.41 Å². The summed E-state index contributed by atoms with van der Waals surface area (Å²) in [6.07, 6.45) is -4.84. The van der Waals surface area contributed by atoms with Gasteiger partial charge in [0.15, 0.2) is 5.76 Å². The van der Waals surface area contributed by atoms with Crippen LogP contribution in [-0.2, 0) is 16.3 Å². The first-order chi connectivity index (χ1) is 17.3. The minimum atomic E-state index is -4.84. The van der Waals surface area contributed by atoms with Crippen molar-refractivity contribution in [1.82, 2.24) is 20.2 Å². The molecule has 2 aromatic heterocycles. The summed E-state index contributed by atoms with van der Waals surface area (Å²) in [5.41, 5.74) is 0.187. The van der Waals surface area contributed by atoms with Gasteiger partial charge in [-0.2, -0.15) is 0 Å². The van der Waals surface area contributed by atoms with E-state index >= 15 is 0 Å². The van der Waals surface area contributed by atoms with Gasteiger partial charge in [0, 0.05) is 16.6 Å². The lowest BCUT2D eigenvalue weighted by Gasteiger charge is -2.15. The minimum Gasteiger partial charge on any atom is -0.453 e. The molecule has 0 saturated carbocycles. The number of benzene rings is 2. The normalized spacial score (nSPS) is 12.0. The molecular weight excluding hydrogens is 563 g/mol. The Labute approximate surface area is 215 Å². The molecule has 10 nitrogen and oxygen atoms in total. The molecule has 4 rings (SSSR count). The largest absolute Gasteiger partial charge is 0.573 e. The summed E-state index contributed by atoms with van der Waals surface area (Å²) in [4.78, 5) is 25.7. The van der Waals surface area contributed by atoms with Gasteiger partial charge in [0.2, 0.25) is 12.6 Å². The number of rotatable bonds is 6. The van der Waals surface area contributed by atoms with E-state index in [4.69, 9.17) is 9.15 Å². The Bertz CT molecular complexity index is 1480. The Balaban J connectivity index is 1.46. The zero-order valence-corrected chi connectivity index (χ0v) is 21.2. The third kappa shape index (κ3) is 6.44. The van der Waals surface area contributed by atoms with Crippen molar-refractivity contribution in [1.29, 1.82) is 0 Å². The molecule has 0 aliphatic carbocycles. The van der Waals surface area contributed by atoms with E-state index in [2.05, 4.69) is 41.4 Å². The summed E-state index contributed by atoms with van der Waals surface area (Å²) >= 11 is 3.00. The van der Waals surface area contributed by atoms with Crippen LogP contribution in [0.3, 0.4) is 0 Å². The van der Waals surface area contributed by atoms with E-state index in [1.54, 1.807) is 39.0 Å². The van der Waals surface area contributed by atoms with Crippen LogP contribution >= 0.6 is 15.9 Å². The maximum Gasteiger partial charge on any atom is 0.573 e. The van der Waals surface area contributed by atoms with E-state index in [0.29, 0.717) is 11.0 Å². The molecule has 37 heavy (non-hydrogen) atoms. The summed E-state index contributed by atoms with van der Waals surface area (Å²) in [5.74, 6) is -0.932. The fourth-order valence-corrected chi connectivity index (χ4v) is 3.46. The summed E-state index contributed by atoms with van der Waals surface area (Å²) in [6, 6.07) is 10.0. The number of carbonyl (C=O) groups excluding carboxylic acids is 2. The van der Waals surface area contributed by atoms with E-state index < -0.39 is 29.4 Å². The number of nitrogens with one attached hydrogen (secondary N) is 1. The van der Waals surface area contributed by atoms with Crippen molar-refractivity contribution in [3.63, 3.8) is 0 Å². The predicted octanol–water partition coefficient (Wildman–Crippen LogP) is 5.55. The summed E-state index contributed by atoms with van der Waals surface area (Å²) in [7, 11) is 0. The minimum absolute atomic E-state index is 0.0162. The number of carbonyl (C=O) groups is 2. The van der Waals surface area contributed by atoms with Crippen LogP contribution in [0.25, 0.3) is 22.6 Å². The number of hydrogen-bond acceptors (Lipinski definition) is 8. The third-order valence-corrected chi connectivity index (χ3v) is 5.41. The number of nitrogens with zero attached hydrogens (tertiary/aromatic N) is 4. The van der Waals surface area contributed by atoms with Crippen LogP contribution < -0.4 is 10.1 Å². The standard InChI is InChI=1S/C23H19BrF3N5O5/c1-22(2,3)21(34)35-11-32-30-19(29-31-32)18-8-12-4-5-13(9-17(12)36-18)20(33)28-14-6-7-16(15(24)10-14)37-23(25,26)27/h4-10H,11H2,1-3H3,(H,28,33). The Morgan fingerprint density at radius 1 is 1.11 bits per heavy atom. The molecule has 14 heteroatoms. The number of esters is 1. The van der Waals surface area contributed by atoms with Crippen molar-refractivity contribution in [3.05, 3.63) is 52.5 Å². The Morgan fingerprint density at radius 2 is 1.86 bits per heavy atom. The van der Waals surface area contributed by atoms with Gasteiger partial charge in [0.05, 0.1) is 9.89 Å². The van der Waals surface area contributed by atoms with Crippen LogP contribution in [0, 0.1) is 5.41 Å². The summed E-state index contributed by atoms with van der Waals surface area (Å²) < 4.78 is 52.2. The number of anilines is 1. The van der Waals surface area contributed by atoms with E-state index in [0.717, 1.165) is 10.9 Å². The predicted molar refractivity (Wildman–Crippen MR) is 127 cm³/mol. The average molecular weight is 582 g/mol. The third-order valence-electron chi connectivity index (χ3n) is 4.79. The van der Waals surface area contributed by atoms with Crippen LogP contribution in [0.4, 0.5) is 18.9 Å². The fourth-order valence-electron chi connectivity index (χ4n) is 3.00. The number of hydrogen-bond donors (Lipinski definition) is 1. The molecule has 2 aromatic carbocycles. The van der Waals surface area contributed by atoms with Gasteiger partial charge in [-0.25, -0.2) is 0 Å². The average Bonchev–Trinajstić information content (AvgIpc) is 3.44. The SMILES string of the molecule is CC(C)(C)C(=O)OCn1nnc(-c2cc3ccc(C(=O)Nc4ccc(OC(F)(F)F)c(Br)c4)cc3o2)n1. The number of furan rings is 1. The first-order valence-corrected chi connectivity index (χ1v) is 11.4. The van der Waals surface area contributed by atoms with Gasteiger partial charge in [-0.05, 0) is 78.3 Å². The maximum absolute atomic E-state index is 12.7. The molecule has 0 spiro atoms. The van der Waals surface area contributed by atoms with E-state index in [-0.39, 0.29) is 34.0 Å². The number of halogens is 4. The highest BCUT2D eigenvalue weighted by Gasteiger charge is 2.32. The second-order valence-corrected chi connectivity index (χ2v) is 9.66. The molecule has 194 valence electrons. The van der Waals surface area contributed by atoms with Crippen molar-refractivity contribution < 1.29 is 36.7 Å². The quantitative estimate of drug-likeness (QED) is 0.294. The molecule has 2 heterocycles. The molecule has 0 aliphatic rings. The smallest absolute Gasteiger partial charge is 0.453 e. The lowest BCUT2D eigenvalue weighted by Crippen LogP contribution is -2.24. The first-order valence-electron chi connectivity index (χ1n) is 10.6. The van der Waals surface area contributed by atoms with Crippen LogP contribution in [0.15, 0.2) is 51.4 Å². The number of fused-ring (bicyclic) bond motifs is 1. The Hall–Kier alpha value is -3.94. The van der Waals surface area contributed by atoms with Crippen molar-refractivity contribution in [2.45, 2.75) is 33.9 Å². The molecule has 1 N–H and O–H groups in total. The number of tetrazole rings is 1. The van der Waals surface area contributed by atoms with Gasteiger partial charge in [-0.1, -0.05) is 6.07 Å². The van der Waals surface area contributed by atoms with Gasteiger partial charge in [-0.3, -0.25) is 9.59 Å². The Morgan fingerprint density at radius 3 is 2.54 bits per heavy atom. The number of ether oxygens (including phenoxy) is 2. The van der Waals surface area contributed by atoms with Crippen molar-refractivity contribution in [2.75, 3.05) is 5.32 Å². The monoisotopic (exact) mass is 581 g/mol. The van der Waals surface area contributed by atoms with Gasteiger partial charge < -0.3 is 19.2 Å². The second-order valence-electron chi connectivity index (χ2n) is 8.81. The molecule has 0 aliphatic heterocycles. The molecule has 0 atom stereocenters. The zero-order chi connectivity index (χ0) is 27.0. The highest BCUT2D eigenvalue weighted by Crippen LogP contribution is 2.33. The van der Waals surface area contributed by atoms with Gasteiger partial charge in [-0.15, -0.1) is 28.2 Å². The molecule has 0 unspecified atom stereocenters. The lowest BCUT2D eigenvalue weighted by molar-refractivity contribution is -0.274. The summed E-state index contributed by atoms with van der Waals surface area (Å²) in [6.45, 7) is 4.95. The van der Waals surface area contributed by atoms with E-state index in [1.165, 1.54) is 18.2 Å². The second kappa shape index (κ2) is 9.84. The van der Waals surface area contributed by atoms with Crippen molar-refractivity contribution >= 4 is 44.5 Å². The molecular formula is C23H19BrF3N5O5. The number of alkyl halides is 3. The Kier molecular flexibility index (Phi) is 6.95.